The van der Waals surface area contributed by atoms with E-state index in [4.69, 9.17) is 20.9 Å². The van der Waals surface area contributed by atoms with Gasteiger partial charge >= 0.3 is 0 Å². The number of ether oxygens (including phenoxy) is 2. The number of hydrogen-bond donors (Lipinski definition) is 2. The molecule has 0 aliphatic rings. The van der Waals surface area contributed by atoms with E-state index in [0.717, 1.165) is 32.3 Å². The van der Waals surface area contributed by atoms with Crippen molar-refractivity contribution in [2.24, 2.45) is 0 Å². The van der Waals surface area contributed by atoms with Gasteiger partial charge in [-0.15, -0.1) is 0 Å². The maximum atomic E-state index is 5.88. The van der Waals surface area contributed by atoms with Crippen molar-refractivity contribution in [1.29, 1.82) is 0 Å². The third-order valence-corrected chi connectivity index (χ3v) is 4.80. The van der Waals surface area contributed by atoms with Gasteiger partial charge in [-0.05, 0) is 54.2 Å². The number of nitrogen functional groups attached to an aromatic ring is 2. The first-order valence-electron chi connectivity index (χ1n) is 10.2. The highest BCUT2D eigenvalue weighted by Gasteiger charge is 2.01. The summed E-state index contributed by atoms with van der Waals surface area (Å²) < 4.78 is 11.5. The minimum Gasteiger partial charge on any atom is -0.491 e. The standard InChI is InChI=1S/C25H30N2O2/c26-23-14-15-25(24(27)18-23)29-17-7-2-1-6-16-28-19-20-10-12-22(13-11-20)21-8-4-3-5-9-21/h3-5,8-15,18H,1-2,6-7,16-17,19,26-27H2. The van der Waals surface area contributed by atoms with E-state index in [1.165, 1.54) is 16.7 Å². The minimum atomic E-state index is 0.593. The summed E-state index contributed by atoms with van der Waals surface area (Å²) in [7, 11) is 0. The van der Waals surface area contributed by atoms with Crippen LogP contribution in [-0.2, 0) is 11.3 Å². The Bertz CT molecular complexity index is 864. The second kappa shape index (κ2) is 11.1. The molecule has 0 fully saturated rings. The lowest BCUT2D eigenvalue weighted by molar-refractivity contribution is 0.116. The fourth-order valence-corrected chi connectivity index (χ4v) is 3.15. The van der Waals surface area contributed by atoms with Gasteiger partial charge in [-0.1, -0.05) is 61.0 Å². The molecule has 0 unspecified atom stereocenters. The summed E-state index contributed by atoms with van der Waals surface area (Å²) >= 11 is 0. The number of benzene rings is 3. The molecule has 29 heavy (non-hydrogen) atoms. The van der Waals surface area contributed by atoms with E-state index in [0.29, 0.717) is 30.3 Å². The van der Waals surface area contributed by atoms with Crippen LogP contribution >= 0.6 is 0 Å². The summed E-state index contributed by atoms with van der Waals surface area (Å²) in [5.74, 6) is 0.709. The molecular weight excluding hydrogens is 360 g/mol. The highest BCUT2D eigenvalue weighted by Crippen LogP contribution is 2.24. The number of nitrogens with two attached hydrogens (primary N) is 2. The van der Waals surface area contributed by atoms with E-state index in [9.17, 15) is 0 Å². The Morgan fingerprint density at radius 3 is 2.07 bits per heavy atom. The normalized spacial score (nSPS) is 10.8. The van der Waals surface area contributed by atoms with Crippen molar-refractivity contribution in [3.05, 3.63) is 78.4 Å². The summed E-state index contributed by atoms with van der Waals surface area (Å²) in [4.78, 5) is 0. The molecule has 3 rings (SSSR count). The molecule has 4 nitrogen and oxygen atoms in total. The number of rotatable bonds is 11. The van der Waals surface area contributed by atoms with Gasteiger partial charge in [0, 0.05) is 12.3 Å². The molecule has 0 radical (unpaired) electrons. The maximum absolute atomic E-state index is 5.88. The van der Waals surface area contributed by atoms with Gasteiger partial charge in [-0.3, -0.25) is 0 Å². The lowest BCUT2D eigenvalue weighted by atomic mass is 10.0. The predicted molar refractivity (Wildman–Crippen MR) is 121 cm³/mol. The summed E-state index contributed by atoms with van der Waals surface area (Å²) in [6.45, 7) is 2.11. The van der Waals surface area contributed by atoms with Crippen molar-refractivity contribution in [2.45, 2.75) is 32.3 Å². The predicted octanol–water partition coefficient (Wildman–Crippen LogP) is 5.67. The van der Waals surface area contributed by atoms with Crippen molar-refractivity contribution in [2.75, 3.05) is 24.7 Å². The van der Waals surface area contributed by atoms with Crippen molar-refractivity contribution < 1.29 is 9.47 Å². The van der Waals surface area contributed by atoms with Gasteiger partial charge in [0.15, 0.2) is 0 Å². The van der Waals surface area contributed by atoms with Gasteiger partial charge in [0.05, 0.1) is 18.9 Å². The minimum absolute atomic E-state index is 0.593. The zero-order chi connectivity index (χ0) is 20.3. The van der Waals surface area contributed by atoms with Crippen LogP contribution in [0.2, 0.25) is 0 Å². The monoisotopic (exact) mass is 390 g/mol. The van der Waals surface area contributed by atoms with Crippen molar-refractivity contribution in [3.8, 4) is 16.9 Å². The summed E-state index contributed by atoms with van der Waals surface area (Å²) in [5.41, 5.74) is 16.5. The molecule has 0 aliphatic heterocycles. The quantitative estimate of drug-likeness (QED) is 0.327. The lowest BCUT2D eigenvalue weighted by Crippen LogP contribution is -2.01. The highest BCUT2D eigenvalue weighted by atomic mass is 16.5. The van der Waals surface area contributed by atoms with Crippen molar-refractivity contribution in [3.63, 3.8) is 0 Å². The van der Waals surface area contributed by atoms with Crippen molar-refractivity contribution >= 4 is 11.4 Å². The van der Waals surface area contributed by atoms with E-state index >= 15 is 0 Å². The third kappa shape index (κ3) is 6.84. The Kier molecular flexibility index (Phi) is 7.96. The molecule has 0 spiro atoms. The van der Waals surface area contributed by atoms with Crippen molar-refractivity contribution in [1.82, 2.24) is 0 Å². The molecule has 152 valence electrons. The Hall–Kier alpha value is -2.98. The smallest absolute Gasteiger partial charge is 0.142 e. The lowest BCUT2D eigenvalue weighted by Gasteiger charge is -2.09. The average molecular weight is 391 g/mol. The molecule has 3 aromatic rings. The van der Waals surface area contributed by atoms with Crippen LogP contribution in [0.5, 0.6) is 5.75 Å². The van der Waals surface area contributed by atoms with Crippen LogP contribution in [0.4, 0.5) is 11.4 Å². The molecule has 4 N–H and O–H groups in total. The fourth-order valence-electron chi connectivity index (χ4n) is 3.15. The first kappa shape index (κ1) is 20.7. The second-order valence-electron chi connectivity index (χ2n) is 7.18. The SMILES string of the molecule is Nc1ccc(OCCCCCCOCc2ccc(-c3ccccc3)cc2)c(N)c1. The molecular formula is C25H30N2O2. The zero-order valence-corrected chi connectivity index (χ0v) is 16.8. The molecule has 0 saturated heterocycles. The first-order valence-corrected chi connectivity index (χ1v) is 10.2. The summed E-state index contributed by atoms with van der Waals surface area (Å²) in [6.07, 6.45) is 4.31. The third-order valence-electron chi connectivity index (χ3n) is 4.80. The van der Waals surface area contributed by atoms with Crippen LogP contribution in [-0.4, -0.2) is 13.2 Å². The Morgan fingerprint density at radius 2 is 1.34 bits per heavy atom. The zero-order valence-electron chi connectivity index (χ0n) is 16.8. The molecule has 0 atom stereocenters. The number of unbranched alkanes of at least 4 members (excludes halogenated alkanes) is 3. The van der Waals surface area contributed by atoms with Gasteiger partial charge in [-0.2, -0.15) is 0 Å². The highest BCUT2D eigenvalue weighted by molar-refractivity contribution is 5.63. The number of anilines is 2. The van der Waals surface area contributed by atoms with E-state index in [2.05, 4.69) is 48.5 Å². The van der Waals surface area contributed by atoms with Gasteiger partial charge in [-0.25, -0.2) is 0 Å². The Balaban J connectivity index is 1.24. The van der Waals surface area contributed by atoms with Crippen LogP contribution in [0.25, 0.3) is 11.1 Å². The van der Waals surface area contributed by atoms with Gasteiger partial charge in [0.2, 0.25) is 0 Å². The summed E-state index contributed by atoms with van der Waals surface area (Å²) in [5, 5.41) is 0. The molecule has 0 bridgehead atoms. The van der Waals surface area contributed by atoms with Gasteiger partial charge < -0.3 is 20.9 Å². The first-order chi connectivity index (χ1) is 14.2. The molecule has 0 aliphatic carbocycles. The van der Waals surface area contributed by atoms with E-state index in [1.807, 2.05) is 12.1 Å². The molecule has 3 aromatic carbocycles. The largest absolute Gasteiger partial charge is 0.491 e. The number of hydrogen-bond acceptors (Lipinski definition) is 4. The van der Waals surface area contributed by atoms with Gasteiger partial charge in [0.25, 0.3) is 0 Å². The van der Waals surface area contributed by atoms with Crippen LogP contribution in [0.3, 0.4) is 0 Å². The fraction of sp³-hybridized carbons (Fsp3) is 0.280. The van der Waals surface area contributed by atoms with E-state index < -0.39 is 0 Å². The Morgan fingerprint density at radius 1 is 0.655 bits per heavy atom. The Labute approximate surface area is 173 Å². The van der Waals surface area contributed by atoms with E-state index in [1.54, 1.807) is 12.1 Å². The van der Waals surface area contributed by atoms with Gasteiger partial charge in [0.1, 0.15) is 5.75 Å². The molecule has 0 saturated carbocycles. The maximum Gasteiger partial charge on any atom is 0.142 e. The average Bonchev–Trinajstić information content (AvgIpc) is 2.75. The van der Waals surface area contributed by atoms with E-state index in [-0.39, 0.29) is 0 Å². The molecule has 4 heteroatoms. The van der Waals surface area contributed by atoms with Crippen LogP contribution in [0, 0.1) is 0 Å². The van der Waals surface area contributed by atoms with Crippen LogP contribution < -0.4 is 16.2 Å². The molecule has 0 amide bonds. The van der Waals surface area contributed by atoms with Crippen LogP contribution in [0.1, 0.15) is 31.2 Å². The summed E-state index contributed by atoms with van der Waals surface area (Å²) in [6, 6.07) is 24.4. The van der Waals surface area contributed by atoms with Crippen LogP contribution in [0.15, 0.2) is 72.8 Å². The second-order valence-corrected chi connectivity index (χ2v) is 7.18. The molecule has 0 aromatic heterocycles. The topological polar surface area (TPSA) is 70.5 Å². The molecule has 0 heterocycles.